The molecule has 39 heavy (non-hydrogen) atoms. The number of ether oxygens (including phenoxy) is 2. The van der Waals surface area contributed by atoms with Crippen LogP contribution in [-0.2, 0) is 32.0 Å². The van der Waals surface area contributed by atoms with Gasteiger partial charge in [-0.15, -0.1) is 10.2 Å². The molecule has 0 fully saturated rings. The van der Waals surface area contributed by atoms with E-state index in [0.29, 0.717) is 18.1 Å². The van der Waals surface area contributed by atoms with Crippen LogP contribution >= 0.6 is 0 Å². The number of carbonyl (C=O) groups is 1. The van der Waals surface area contributed by atoms with Crippen molar-refractivity contribution < 1.29 is 14.3 Å². The molecule has 5 rings (SSSR count). The molecule has 0 saturated carbocycles. The average molecular weight is 528 g/mol. The smallest absolute Gasteiger partial charge is 0.332 e. The molecular weight excluding hydrogens is 502 g/mol. The second-order valence-electron chi connectivity index (χ2n) is 8.74. The molecule has 0 unspecified atom stereocenters. The lowest BCUT2D eigenvalue weighted by atomic mass is 10.1. The van der Waals surface area contributed by atoms with E-state index in [4.69, 9.17) is 9.47 Å². The predicted octanol–water partition coefficient (Wildman–Crippen LogP) is 2.12. The number of anilines is 1. The molecule has 12 nitrogen and oxygen atoms in total. The Bertz CT molecular complexity index is 1770. The number of methoxy groups -OCH3 is 1. The molecule has 0 aliphatic rings. The normalized spacial score (nSPS) is 10.9. The summed E-state index contributed by atoms with van der Waals surface area (Å²) in [6, 6.07) is 18.5. The number of carbonyl (C=O) groups excluding carboxylic acids is 1. The van der Waals surface area contributed by atoms with Gasteiger partial charge in [-0.2, -0.15) is 0 Å². The van der Waals surface area contributed by atoms with Crippen LogP contribution in [0, 0.1) is 0 Å². The largest absolute Gasteiger partial charge is 0.497 e. The van der Waals surface area contributed by atoms with Gasteiger partial charge in [0, 0.05) is 19.7 Å². The molecule has 0 bridgehead atoms. The van der Waals surface area contributed by atoms with E-state index in [2.05, 4.69) is 20.5 Å². The third kappa shape index (κ3) is 5.12. The second-order valence-corrected chi connectivity index (χ2v) is 8.74. The standard InChI is InChI=1S/C27H25N7O5/c1-32-25-24(26(36)33(2)27(32)37)34(16-28-25)14-23(35)29-22-13-12-20(30-31-22)19-6-4-5-7-21(19)39-15-17-8-10-18(38-3)11-9-17/h4-13,16H,14-15H2,1-3H3,(H,29,31,35). The van der Waals surface area contributed by atoms with Crippen molar-refractivity contribution in [3.63, 3.8) is 0 Å². The fourth-order valence-corrected chi connectivity index (χ4v) is 4.08. The molecular formula is C27H25N7O5. The number of para-hydroxylation sites is 1. The van der Waals surface area contributed by atoms with Crippen molar-refractivity contribution >= 4 is 22.9 Å². The number of aryl methyl sites for hydroxylation is 1. The van der Waals surface area contributed by atoms with Gasteiger partial charge in [0.05, 0.1) is 19.1 Å². The molecule has 3 aromatic heterocycles. The van der Waals surface area contributed by atoms with E-state index in [-0.39, 0.29) is 23.5 Å². The highest BCUT2D eigenvalue weighted by Gasteiger charge is 2.16. The quantitative estimate of drug-likeness (QED) is 0.324. The maximum absolute atomic E-state index is 12.7. The number of hydrogen-bond donors (Lipinski definition) is 1. The van der Waals surface area contributed by atoms with E-state index in [0.717, 1.165) is 21.4 Å². The topological polar surface area (TPSA) is 135 Å². The lowest BCUT2D eigenvalue weighted by molar-refractivity contribution is -0.116. The van der Waals surface area contributed by atoms with Gasteiger partial charge in [0.2, 0.25) is 5.91 Å². The van der Waals surface area contributed by atoms with Crippen molar-refractivity contribution in [2.45, 2.75) is 13.2 Å². The minimum Gasteiger partial charge on any atom is -0.497 e. The van der Waals surface area contributed by atoms with Gasteiger partial charge in [-0.05, 0) is 42.0 Å². The average Bonchev–Trinajstić information content (AvgIpc) is 3.38. The first kappa shape index (κ1) is 25.4. The number of amides is 1. The number of rotatable bonds is 8. The zero-order chi connectivity index (χ0) is 27.5. The zero-order valence-electron chi connectivity index (χ0n) is 21.5. The van der Waals surface area contributed by atoms with E-state index in [1.807, 2.05) is 48.5 Å². The summed E-state index contributed by atoms with van der Waals surface area (Å²) in [5.41, 5.74) is 1.64. The first-order valence-corrected chi connectivity index (χ1v) is 11.9. The summed E-state index contributed by atoms with van der Waals surface area (Å²) >= 11 is 0. The Morgan fingerprint density at radius 2 is 1.72 bits per heavy atom. The lowest BCUT2D eigenvalue weighted by Crippen LogP contribution is -2.37. The Morgan fingerprint density at radius 3 is 2.44 bits per heavy atom. The van der Waals surface area contributed by atoms with Crippen LogP contribution in [0.15, 0.2) is 76.6 Å². The molecule has 0 atom stereocenters. The predicted molar refractivity (Wildman–Crippen MR) is 144 cm³/mol. The van der Waals surface area contributed by atoms with E-state index in [1.165, 1.54) is 29.6 Å². The highest BCUT2D eigenvalue weighted by Crippen LogP contribution is 2.29. The summed E-state index contributed by atoms with van der Waals surface area (Å²) in [5.74, 6) is 1.22. The van der Waals surface area contributed by atoms with Gasteiger partial charge in [-0.25, -0.2) is 9.78 Å². The minimum absolute atomic E-state index is 0.155. The molecule has 0 spiro atoms. The van der Waals surface area contributed by atoms with E-state index >= 15 is 0 Å². The van der Waals surface area contributed by atoms with E-state index in [9.17, 15) is 14.4 Å². The summed E-state index contributed by atoms with van der Waals surface area (Å²) in [4.78, 5) is 41.5. The number of benzene rings is 2. The Hall–Kier alpha value is -5.26. The highest BCUT2D eigenvalue weighted by atomic mass is 16.5. The number of hydrogen-bond acceptors (Lipinski definition) is 8. The third-order valence-electron chi connectivity index (χ3n) is 6.18. The van der Waals surface area contributed by atoms with Crippen LogP contribution in [0.2, 0.25) is 0 Å². The van der Waals surface area contributed by atoms with Crippen LogP contribution in [0.1, 0.15) is 5.56 Å². The van der Waals surface area contributed by atoms with Gasteiger partial charge in [-0.1, -0.05) is 24.3 Å². The van der Waals surface area contributed by atoms with E-state index < -0.39 is 17.2 Å². The highest BCUT2D eigenvalue weighted by molar-refractivity contribution is 5.90. The molecule has 1 N–H and O–H groups in total. The van der Waals surface area contributed by atoms with Crippen molar-refractivity contribution in [1.29, 1.82) is 0 Å². The Balaban J connectivity index is 1.28. The van der Waals surface area contributed by atoms with Crippen LogP contribution in [-0.4, -0.2) is 41.9 Å². The molecule has 0 aliphatic carbocycles. The Morgan fingerprint density at radius 1 is 0.949 bits per heavy atom. The summed E-state index contributed by atoms with van der Waals surface area (Å²) in [6.07, 6.45) is 1.35. The SMILES string of the molecule is COc1ccc(COc2ccccc2-c2ccc(NC(=O)Cn3cnc4c3c(=O)n(C)c(=O)n4C)nn2)cc1. The molecule has 5 aromatic rings. The van der Waals surface area contributed by atoms with Crippen molar-refractivity contribution in [1.82, 2.24) is 28.9 Å². The molecule has 2 aromatic carbocycles. The first-order chi connectivity index (χ1) is 18.9. The Labute approximate surface area is 222 Å². The summed E-state index contributed by atoms with van der Waals surface area (Å²) in [5, 5.41) is 11.1. The number of nitrogens with one attached hydrogen (secondary N) is 1. The van der Waals surface area contributed by atoms with Crippen LogP contribution in [0.25, 0.3) is 22.4 Å². The zero-order valence-corrected chi connectivity index (χ0v) is 21.5. The monoisotopic (exact) mass is 527 g/mol. The van der Waals surface area contributed by atoms with E-state index in [1.54, 1.807) is 19.2 Å². The van der Waals surface area contributed by atoms with Crippen LogP contribution in [0.4, 0.5) is 5.82 Å². The fourth-order valence-electron chi connectivity index (χ4n) is 4.08. The number of aromatic nitrogens is 6. The van der Waals surface area contributed by atoms with Crippen LogP contribution in [0.3, 0.4) is 0 Å². The fraction of sp³-hybridized carbons (Fsp3) is 0.185. The number of nitrogens with zero attached hydrogens (tertiary/aromatic N) is 6. The molecule has 0 saturated heterocycles. The van der Waals surface area contributed by atoms with Crippen LogP contribution < -0.4 is 26.0 Å². The maximum Gasteiger partial charge on any atom is 0.332 e. The van der Waals surface area contributed by atoms with Gasteiger partial charge < -0.3 is 19.4 Å². The summed E-state index contributed by atoms with van der Waals surface area (Å²) in [6.45, 7) is 0.165. The molecule has 12 heteroatoms. The van der Waals surface area contributed by atoms with Gasteiger partial charge in [0.15, 0.2) is 17.0 Å². The minimum atomic E-state index is -0.532. The van der Waals surface area contributed by atoms with Crippen molar-refractivity contribution in [3.8, 4) is 22.8 Å². The Kier molecular flexibility index (Phi) is 6.91. The van der Waals surface area contributed by atoms with Gasteiger partial charge in [0.25, 0.3) is 5.56 Å². The van der Waals surface area contributed by atoms with Crippen molar-refractivity contribution in [2.75, 3.05) is 12.4 Å². The summed E-state index contributed by atoms with van der Waals surface area (Å²) in [7, 11) is 4.51. The van der Waals surface area contributed by atoms with Crippen molar-refractivity contribution in [2.24, 2.45) is 14.1 Å². The second kappa shape index (κ2) is 10.6. The first-order valence-electron chi connectivity index (χ1n) is 11.9. The number of imidazole rings is 1. The molecule has 0 aliphatic heterocycles. The molecule has 0 radical (unpaired) electrons. The van der Waals surface area contributed by atoms with Gasteiger partial charge in [0.1, 0.15) is 24.7 Å². The summed E-state index contributed by atoms with van der Waals surface area (Å²) < 4.78 is 14.9. The number of fused-ring (bicyclic) bond motifs is 1. The van der Waals surface area contributed by atoms with Crippen LogP contribution in [0.5, 0.6) is 11.5 Å². The van der Waals surface area contributed by atoms with Gasteiger partial charge in [-0.3, -0.25) is 18.7 Å². The maximum atomic E-state index is 12.7. The molecule has 1 amide bonds. The molecule has 3 heterocycles. The third-order valence-corrected chi connectivity index (χ3v) is 6.18. The lowest BCUT2D eigenvalue weighted by Gasteiger charge is -2.12. The molecule has 198 valence electrons. The van der Waals surface area contributed by atoms with Crippen molar-refractivity contribution in [3.05, 3.63) is 93.4 Å². The van der Waals surface area contributed by atoms with Gasteiger partial charge >= 0.3 is 5.69 Å².